The standard InChI is InChI=1S/C21H26N2O4/c1-14-6-4-5-7-19(14)23-20(24)15(2)27-21(25)17(13-22)12-16-8-10-18(26-3)11-9-16/h8-12,14-15,19H,4-7H2,1-3H3,(H,23,24)/b17-12+/t14-,15+,19+/m0/s1. The number of benzene rings is 1. The van der Waals surface area contributed by atoms with Crippen molar-refractivity contribution in [2.75, 3.05) is 7.11 Å². The highest BCUT2D eigenvalue weighted by Gasteiger charge is 2.27. The van der Waals surface area contributed by atoms with Crippen molar-refractivity contribution in [2.45, 2.75) is 51.7 Å². The van der Waals surface area contributed by atoms with Crippen LogP contribution in [-0.2, 0) is 14.3 Å². The average molecular weight is 370 g/mol. The molecular formula is C21H26N2O4. The zero-order chi connectivity index (χ0) is 19.8. The third kappa shape index (κ3) is 5.85. The maximum absolute atomic E-state index is 12.3. The number of hydrogen-bond acceptors (Lipinski definition) is 5. The normalized spacial score (nSPS) is 20.9. The Morgan fingerprint density at radius 2 is 1.93 bits per heavy atom. The summed E-state index contributed by atoms with van der Waals surface area (Å²) >= 11 is 0. The van der Waals surface area contributed by atoms with E-state index in [2.05, 4.69) is 12.2 Å². The van der Waals surface area contributed by atoms with E-state index in [1.54, 1.807) is 31.4 Å². The highest BCUT2D eigenvalue weighted by molar-refractivity contribution is 5.99. The molecule has 6 heteroatoms. The lowest BCUT2D eigenvalue weighted by molar-refractivity contribution is -0.151. The summed E-state index contributed by atoms with van der Waals surface area (Å²) in [5, 5.41) is 12.2. The third-order valence-electron chi connectivity index (χ3n) is 4.86. The molecule has 0 aliphatic heterocycles. The van der Waals surface area contributed by atoms with Gasteiger partial charge in [0.25, 0.3) is 5.91 Å². The molecule has 1 fully saturated rings. The van der Waals surface area contributed by atoms with Crippen molar-refractivity contribution in [3.8, 4) is 11.8 Å². The van der Waals surface area contributed by atoms with Crippen molar-refractivity contribution in [3.63, 3.8) is 0 Å². The first-order valence-electron chi connectivity index (χ1n) is 9.21. The fraction of sp³-hybridized carbons (Fsp3) is 0.476. The minimum absolute atomic E-state index is 0.109. The molecule has 1 saturated carbocycles. The summed E-state index contributed by atoms with van der Waals surface area (Å²) in [7, 11) is 1.56. The van der Waals surface area contributed by atoms with Crippen molar-refractivity contribution >= 4 is 18.0 Å². The molecule has 3 atom stereocenters. The van der Waals surface area contributed by atoms with E-state index in [4.69, 9.17) is 9.47 Å². The molecule has 0 aromatic heterocycles. The van der Waals surface area contributed by atoms with Gasteiger partial charge in [-0.15, -0.1) is 0 Å². The van der Waals surface area contributed by atoms with Gasteiger partial charge in [-0.1, -0.05) is 31.9 Å². The van der Waals surface area contributed by atoms with Crippen molar-refractivity contribution in [1.29, 1.82) is 5.26 Å². The van der Waals surface area contributed by atoms with Crippen LogP contribution in [0.2, 0.25) is 0 Å². The highest BCUT2D eigenvalue weighted by atomic mass is 16.5. The largest absolute Gasteiger partial charge is 0.497 e. The average Bonchev–Trinajstić information content (AvgIpc) is 2.68. The van der Waals surface area contributed by atoms with E-state index in [0.717, 1.165) is 19.3 Å². The first-order chi connectivity index (χ1) is 12.9. The predicted molar refractivity (Wildman–Crippen MR) is 102 cm³/mol. The van der Waals surface area contributed by atoms with E-state index in [1.807, 2.05) is 6.07 Å². The number of esters is 1. The Morgan fingerprint density at radius 1 is 1.26 bits per heavy atom. The summed E-state index contributed by atoms with van der Waals surface area (Å²) in [5.74, 6) is -0.0535. The van der Waals surface area contributed by atoms with Gasteiger partial charge in [-0.25, -0.2) is 4.79 Å². The van der Waals surface area contributed by atoms with Gasteiger partial charge in [0.1, 0.15) is 17.4 Å². The first-order valence-corrected chi connectivity index (χ1v) is 9.21. The third-order valence-corrected chi connectivity index (χ3v) is 4.86. The molecule has 0 bridgehead atoms. The van der Waals surface area contributed by atoms with Gasteiger partial charge in [-0.05, 0) is 49.5 Å². The maximum atomic E-state index is 12.3. The van der Waals surface area contributed by atoms with E-state index in [0.29, 0.717) is 17.2 Å². The van der Waals surface area contributed by atoms with E-state index in [9.17, 15) is 14.9 Å². The second-order valence-electron chi connectivity index (χ2n) is 6.87. The van der Waals surface area contributed by atoms with Crippen LogP contribution in [0, 0.1) is 17.2 Å². The number of ether oxygens (including phenoxy) is 2. The second kappa shape index (κ2) is 9.77. The van der Waals surface area contributed by atoms with Crippen molar-refractivity contribution in [3.05, 3.63) is 35.4 Å². The number of hydrogen-bond donors (Lipinski definition) is 1. The summed E-state index contributed by atoms with van der Waals surface area (Å²) in [6, 6.07) is 8.86. The number of nitrogens with one attached hydrogen (secondary N) is 1. The summed E-state index contributed by atoms with van der Waals surface area (Å²) in [5.41, 5.74) is 0.503. The lowest BCUT2D eigenvalue weighted by Gasteiger charge is -2.30. The molecule has 0 heterocycles. The molecule has 0 spiro atoms. The Hall–Kier alpha value is -2.81. The van der Waals surface area contributed by atoms with E-state index in [1.165, 1.54) is 19.4 Å². The molecule has 0 saturated heterocycles. The van der Waals surface area contributed by atoms with Gasteiger partial charge in [-0.3, -0.25) is 4.79 Å². The smallest absolute Gasteiger partial charge is 0.349 e. The minimum atomic E-state index is -0.959. The van der Waals surface area contributed by atoms with Crippen molar-refractivity contribution < 1.29 is 19.1 Å². The van der Waals surface area contributed by atoms with E-state index in [-0.39, 0.29) is 17.5 Å². The van der Waals surface area contributed by atoms with Gasteiger partial charge in [0, 0.05) is 6.04 Å². The topological polar surface area (TPSA) is 88.4 Å². The van der Waals surface area contributed by atoms with Gasteiger partial charge in [0.05, 0.1) is 7.11 Å². The van der Waals surface area contributed by atoms with Crippen LogP contribution in [-0.4, -0.2) is 31.1 Å². The molecular weight excluding hydrogens is 344 g/mol. The Morgan fingerprint density at radius 3 is 2.52 bits per heavy atom. The lowest BCUT2D eigenvalue weighted by Crippen LogP contribution is -2.46. The summed E-state index contributed by atoms with van der Waals surface area (Å²) in [4.78, 5) is 24.6. The Bertz CT molecular complexity index is 734. The Labute approximate surface area is 160 Å². The number of methoxy groups -OCH3 is 1. The van der Waals surface area contributed by atoms with Gasteiger partial charge in [0.2, 0.25) is 0 Å². The molecule has 0 radical (unpaired) electrons. The van der Waals surface area contributed by atoms with Crippen LogP contribution in [0.15, 0.2) is 29.8 Å². The molecule has 6 nitrogen and oxygen atoms in total. The van der Waals surface area contributed by atoms with Gasteiger partial charge >= 0.3 is 5.97 Å². The van der Waals surface area contributed by atoms with Crippen LogP contribution in [0.25, 0.3) is 6.08 Å². The molecule has 1 aromatic carbocycles. The molecule has 2 rings (SSSR count). The van der Waals surface area contributed by atoms with Crippen LogP contribution >= 0.6 is 0 Å². The molecule has 1 aliphatic rings. The van der Waals surface area contributed by atoms with Crippen LogP contribution in [0.5, 0.6) is 5.75 Å². The zero-order valence-corrected chi connectivity index (χ0v) is 16.0. The van der Waals surface area contributed by atoms with Gasteiger partial charge < -0.3 is 14.8 Å². The van der Waals surface area contributed by atoms with Crippen molar-refractivity contribution in [2.24, 2.45) is 5.92 Å². The quantitative estimate of drug-likeness (QED) is 0.472. The number of rotatable bonds is 6. The van der Waals surface area contributed by atoms with Crippen LogP contribution < -0.4 is 10.1 Å². The monoisotopic (exact) mass is 370 g/mol. The summed E-state index contributed by atoms with van der Waals surface area (Å²) in [6.07, 6.45) is 4.76. The SMILES string of the molecule is COc1ccc(/C=C(\C#N)C(=O)O[C@H](C)C(=O)N[C@@H]2CCCC[C@@H]2C)cc1. The second-order valence-corrected chi connectivity index (χ2v) is 6.87. The van der Waals surface area contributed by atoms with Crippen molar-refractivity contribution in [1.82, 2.24) is 5.32 Å². The molecule has 1 N–H and O–H groups in total. The van der Waals surface area contributed by atoms with Crippen LogP contribution in [0.3, 0.4) is 0 Å². The van der Waals surface area contributed by atoms with E-state index >= 15 is 0 Å². The summed E-state index contributed by atoms with van der Waals surface area (Å²) < 4.78 is 10.3. The summed E-state index contributed by atoms with van der Waals surface area (Å²) in [6.45, 7) is 3.63. The molecule has 1 amide bonds. The molecule has 1 aliphatic carbocycles. The fourth-order valence-corrected chi connectivity index (χ4v) is 3.11. The van der Waals surface area contributed by atoms with Crippen LogP contribution in [0.1, 0.15) is 45.1 Å². The number of nitriles is 1. The predicted octanol–water partition coefficient (Wildman–Crippen LogP) is 3.23. The zero-order valence-electron chi connectivity index (χ0n) is 16.0. The molecule has 1 aromatic rings. The van der Waals surface area contributed by atoms with Gasteiger partial charge in [0.15, 0.2) is 6.10 Å². The first kappa shape index (κ1) is 20.5. The number of carbonyl (C=O) groups is 2. The minimum Gasteiger partial charge on any atom is -0.497 e. The fourth-order valence-electron chi connectivity index (χ4n) is 3.11. The maximum Gasteiger partial charge on any atom is 0.349 e. The number of carbonyl (C=O) groups excluding carboxylic acids is 2. The van der Waals surface area contributed by atoms with Crippen LogP contribution in [0.4, 0.5) is 0 Å². The number of nitrogens with zero attached hydrogens (tertiary/aromatic N) is 1. The lowest BCUT2D eigenvalue weighted by atomic mass is 9.86. The molecule has 144 valence electrons. The van der Waals surface area contributed by atoms with E-state index < -0.39 is 12.1 Å². The Balaban J connectivity index is 1.97. The Kier molecular flexibility index (Phi) is 7.42. The highest BCUT2D eigenvalue weighted by Crippen LogP contribution is 2.24. The molecule has 27 heavy (non-hydrogen) atoms. The molecule has 0 unspecified atom stereocenters. The number of amides is 1. The van der Waals surface area contributed by atoms with Gasteiger partial charge in [-0.2, -0.15) is 5.26 Å².